The standard InChI is InChI=1S/C6H12N2O5/c1-5(7(9)10)4-13-8(11)6(5,2)12-3/h8H,4H2,1-3H3. The van der Waals surface area contributed by atoms with E-state index in [0.717, 1.165) is 0 Å². The largest absolute Gasteiger partial charge is 0.597 e. The molecule has 13 heavy (non-hydrogen) atoms. The number of hydrogen-bond donors (Lipinski definition) is 1. The average Bonchev–Trinajstić information content (AvgIpc) is 2.32. The highest BCUT2D eigenvalue weighted by Gasteiger charge is 2.68. The van der Waals surface area contributed by atoms with Gasteiger partial charge in [0.05, 0.1) is 0 Å². The summed E-state index contributed by atoms with van der Waals surface area (Å²) in [7, 11) is 1.26. The fourth-order valence-electron chi connectivity index (χ4n) is 1.23. The highest BCUT2D eigenvalue weighted by Crippen LogP contribution is 2.27. The van der Waals surface area contributed by atoms with Crippen molar-refractivity contribution in [3.8, 4) is 0 Å². The summed E-state index contributed by atoms with van der Waals surface area (Å²) in [4.78, 5) is 14.8. The zero-order valence-electron chi connectivity index (χ0n) is 7.70. The molecule has 1 aliphatic heterocycles. The van der Waals surface area contributed by atoms with Crippen molar-refractivity contribution in [3.05, 3.63) is 15.3 Å². The van der Waals surface area contributed by atoms with Gasteiger partial charge in [0, 0.05) is 25.9 Å². The van der Waals surface area contributed by atoms with Gasteiger partial charge in [0.25, 0.3) is 0 Å². The molecule has 1 saturated heterocycles. The molecule has 1 rings (SSSR count). The molecule has 1 N–H and O–H groups in total. The van der Waals surface area contributed by atoms with Crippen LogP contribution in [0.1, 0.15) is 13.8 Å². The third-order valence-electron chi connectivity index (χ3n) is 2.71. The average molecular weight is 192 g/mol. The lowest BCUT2D eigenvalue weighted by Gasteiger charge is -2.32. The number of hydroxylamine groups is 2. The second-order valence-electron chi connectivity index (χ2n) is 3.34. The Kier molecular flexibility index (Phi) is 2.28. The van der Waals surface area contributed by atoms with E-state index in [1.807, 2.05) is 0 Å². The fraction of sp³-hybridized carbons (Fsp3) is 1.00. The summed E-state index contributed by atoms with van der Waals surface area (Å²) in [5.41, 5.74) is -2.99. The zero-order chi connectivity index (χ0) is 10.3. The van der Waals surface area contributed by atoms with Crippen LogP contribution in [0.5, 0.6) is 0 Å². The van der Waals surface area contributed by atoms with E-state index in [2.05, 4.69) is 4.84 Å². The van der Waals surface area contributed by atoms with Crippen molar-refractivity contribution in [1.29, 1.82) is 0 Å². The second-order valence-corrected chi connectivity index (χ2v) is 3.34. The maximum atomic E-state index is 11.2. The minimum Gasteiger partial charge on any atom is -0.597 e. The first-order chi connectivity index (χ1) is 5.88. The van der Waals surface area contributed by atoms with Gasteiger partial charge < -0.3 is 9.94 Å². The first kappa shape index (κ1) is 10.3. The molecule has 0 spiro atoms. The Bertz CT molecular complexity index is 235. The third-order valence-corrected chi connectivity index (χ3v) is 2.71. The summed E-state index contributed by atoms with van der Waals surface area (Å²) in [5, 5.41) is 21.2. The van der Waals surface area contributed by atoms with Crippen LogP contribution in [0.15, 0.2) is 0 Å². The lowest BCUT2D eigenvalue weighted by atomic mass is 9.93. The molecule has 0 bridgehead atoms. The Hall–Kier alpha value is -0.760. The maximum absolute atomic E-state index is 11.2. The zero-order valence-corrected chi connectivity index (χ0v) is 7.70. The molecule has 3 atom stereocenters. The molecule has 76 valence electrons. The Labute approximate surface area is 74.9 Å². The maximum Gasteiger partial charge on any atom is 0.330 e. The van der Waals surface area contributed by atoms with Gasteiger partial charge in [0.15, 0.2) is 6.61 Å². The molecule has 0 aromatic carbocycles. The van der Waals surface area contributed by atoms with E-state index in [0.29, 0.717) is 0 Å². The van der Waals surface area contributed by atoms with E-state index in [9.17, 15) is 15.3 Å². The van der Waals surface area contributed by atoms with Crippen LogP contribution < -0.4 is 5.23 Å². The molecule has 3 unspecified atom stereocenters. The molecule has 7 heteroatoms. The van der Waals surface area contributed by atoms with Crippen LogP contribution >= 0.6 is 0 Å². The van der Waals surface area contributed by atoms with Crippen molar-refractivity contribution in [1.82, 2.24) is 0 Å². The summed E-state index contributed by atoms with van der Waals surface area (Å²) in [6, 6.07) is 0. The molecule has 1 fully saturated rings. The predicted octanol–water partition coefficient (Wildman–Crippen LogP) is -1.29. The Balaban J connectivity index is 3.06. The molecule has 7 nitrogen and oxygen atoms in total. The molecule has 0 amide bonds. The van der Waals surface area contributed by atoms with Crippen molar-refractivity contribution in [2.24, 2.45) is 0 Å². The number of quaternary nitrogens is 1. The van der Waals surface area contributed by atoms with Crippen LogP contribution in [0.4, 0.5) is 0 Å². The first-order valence-corrected chi connectivity index (χ1v) is 3.75. The second kappa shape index (κ2) is 2.88. The van der Waals surface area contributed by atoms with Gasteiger partial charge in [-0.15, -0.1) is 0 Å². The van der Waals surface area contributed by atoms with Gasteiger partial charge in [-0.1, -0.05) is 0 Å². The highest BCUT2D eigenvalue weighted by molar-refractivity contribution is 4.89. The molecule has 0 aromatic heterocycles. The lowest BCUT2D eigenvalue weighted by Crippen LogP contribution is -3.14. The molecule has 1 heterocycles. The monoisotopic (exact) mass is 192 g/mol. The summed E-state index contributed by atoms with van der Waals surface area (Å²) in [6.07, 6.45) is 0. The number of hydrogen-bond acceptors (Lipinski definition) is 5. The van der Waals surface area contributed by atoms with Crippen LogP contribution in [0.3, 0.4) is 0 Å². The number of nitrogens with one attached hydrogen (secondary N) is 1. The smallest absolute Gasteiger partial charge is 0.330 e. The summed E-state index contributed by atoms with van der Waals surface area (Å²) in [5.74, 6) is 0. The lowest BCUT2D eigenvalue weighted by molar-refractivity contribution is -1.09. The minimum absolute atomic E-state index is 0.247. The van der Waals surface area contributed by atoms with Gasteiger partial charge in [0.2, 0.25) is 0 Å². The van der Waals surface area contributed by atoms with Crippen molar-refractivity contribution in [2.75, 3.05) is 13.7 Å². The topological polar surface area (TPSA) is 89.1 Å². The van der Waals surface area contributed by atoms with E-state index in [-0.39, 0.29) is 6.61 Å². The van der Waals surface area contributed by atoms with Gasteiger partial charge in [-0.25, -0.2) is 0 Å². The molecule has 1 aliphatic rings. The van der Waals surface area contributed by atoms with Crippen molar-refractivity contribution in [3.63, 3.8) is 0 Å². The quantitative estimate of drug-likeness (QED) is 0.334. The SMILES string of the molecule is COC1(C)[NH+]([O-])OCC1(C)[N+](=O)[O-]. The number of rotatable bonds is 2. The Morgan fingerprint density at radius 2 is 2.15 bits per heavy atom. The highest BCUT2D eigenvalue weighted by atomic mass is 16.9. The molecule has 0 aromatic rings. The van der Waals surface area contributed by atoms with Crippen molar-refractivity contribution >= 4 is 0 Å². The molecule has 0 radical (unpaired) electrons. The van der Waals surface area contributed by atoms with E-state index < -0.39 is 21.4 Å². The molecular formula is C6H12N2O5. The Morgan fingerprint density at radius 3 is 2.46 bits per heavy atom. The van der Waals surface area contributed by atoms with E-state index in [1.165, 1.54) is 21.0 Å². The molecular weight excluding hydrogens is 180 g/mol. The third kappa shape index (κ3) is 1.12. The molecule has 0 saturated carbocycles. The van der Waals surface area contributed by atoms with E-state index >= 15 is 0 Å². The normalized spacial score (nSPS) is 45.1. The number of nitrogens with zero attached hydrogens (tertiary/aromatic N) is 1. The van der Waals surface area contributed by atoms with Gasteiger partial charge in [0.1, 0.15) is 0 Å². The van der Waals surface area contributed by atoms with Crippen molar-refractivity contribution < 1.29 is 19.7 Å². The van der Waals surface area contributed by atoms with Crippen LogP contribution in [0.25, 0.3) is 0 Å². The van der Waals surface area contributed by atoms with Gasteiger partial charge >= 0.3 is 11.3 Å². The van der Waals surface area contributed by atoms with Gasteiger partial charge in [-0.05, 0) is 0 Å². The van der Waals surface area contributed by atoms with E-state index in [1.54, 1.807) is 0 Å². The number of ether oxygens (including phenoxy) is 1. The van der Waals surface area contributed by atoms with E-state index in [4.69, 9.17) is 4.74 Å². The Morgan fingerprint density at radius 1 is 1.62 bits per heavy atom. The van der Waals surface area contributed by atoms with Crippen LogP contribution in [0.2, 0.25) is 0 Å². The van der Waals surface area contributed by atoms with Gasteiger partial charge in [-0.2, -0.15) is 10.1 Å². The number of methoxy groups -OCH3 is 1. The minimum atomic E-state index is -1.50. The number of nitro groups is 1. The van der Waals surface area contributed by atoms with Crippen LogP contribution in [0, 0.1) is 15.3 Å². The van der Waals surface area contributed by atoms with Crippen LogP contribution in [-0.2, 0) is 9.57 Å². The van der Waals surface area contributed by atoms with Gasteiger partial charge in [-0.3, -0.25) is 10.1 Å². The first-order valence-electron chi connectivity index (χ1n) is 3.75. The summed E-state index contributed by atoms with van der Waals surface area (Å²) < 4.78 is 4.87. The van der Waals surface area contributed by atoms with Crippen LogP contribution in [-0.4, -0.2) is 29.9 Å². The van der Waals surface area contributed by atoms with Crippen molar-refractivity contribution in [2.45, 2.75) is 25.1 Å². The predicted molar refractivity (Wildman–Crippen MR) is 41.1 cm³/mol. The summed E-state index contributed by atoms with van der Waals surface area (Å²) in [6.45, 7) is 2.45. The fourth-order valence-corrected chi connectivity index (χ4v) is 1.23. The summed E-state index contributed by atoms with van der Waals surface area (Å²) >= 11 is 0. The molecule has 0 aliphatic carbocycles.